The summed E-state index contributed by atoms with van der Waals surface area (Å²) in [7, 11) is 0. The summed E-state index contributed by atoms with van der Waals surface area (Å²) in [5, 5.41) is 2.57. The molecule has 1 N–H and O–H groups in total. The molecule has 1 amide bonds. The van der Waals surface area contributed by atoms with Crippen molar-refractivity contribution in [3.05, 3.63) is 59.5 Å². The van der Waals surface area contributed by atoms with E-state index in [1.54, 1.807) is 16.7 Å². The Morgan fingerprint density at radius 2 is 1.96 bits per heavy atom. The van der Waals surface area contributed by atoms with Gasteiger partial charge >= 0.3 is 6.18 Å². The van der Waals surface area contributed by atoms with Crippen LogP contribution in [0.4, 0.5) is 13.2 Å². The molecule has 0 bridgehead atoms. The van der Waals surface area contributed by atoms with Crippen molar-refractivity contribution >= 4 is 17.0 Å². The number of furan rings is 1. The Morgan fingerprint density at radius 1 is 1.24 bits per heavy atom. The highest BCUT2D eigenvalue weighted by molar-refractivity contribution is 5.97. The maximum Gasteiger partial charge on any atom is 0.416 e. The maximum atomic E-state index is 12.7. The van der Waals surface area contributed by atoms with Gasteiger partial charge in [-0.3, -0.25) is 4.79 Å². The van der Waals surface area contributed by atoms with Crippen molar-refractivity contribution in [1.29, 1.82) is 0 Å². The van der Waals surface area contributed by atoms with E-state index in [1.165, 1.54) is 18.4 Å². The average molecular weight is 346 g/mol. The van der Waals surface area contributed by atoms with Crippen LogP contribution < -0.4 is 5.32 Å². The molecule has 0 spiro atoms. The minimum Gasteiger partial charge on any atom is -0.463 e. The number of aromatic nitrogens is 1. The van der Waals surface area contributed by atoms with Crippen LogP contribution >= 0.6 is 0 Å². The fourth-order valence-corrected chi connectivity index (χ4v) is 2.54. The number of fused-ring (bicyclic) bond motifs is 1. The van der Waals surface area contributed by atoms with Crippen molar-refractivity contribution < 1.29 is 22.4 Å². The molecule has 0 aliphatic carbocycles. The lowest BCUT2D eigenvalue weighted by Gasteiger charge is -2.11. The highest BCUT2D eigenvalue weighted by Gasteiger charge is 2.30. The van der Waals surface area contributed by atoms with Gasteiger partial charge in [0.05, 0.1) is 23.9 Å². The molecule has 0 aliphatic heterocycles. The number of hydrogen-bond acceptors (Lipinski definition) is 2. The van der Waals surface area contributed by atoms with Crippen LogP contribution in [0.2, 0.25) is 0 Å². The predicted octanol–water partition coefficient (Wildman–Crippen LogP) is 3.66. The summed E-state index contributed by atoms with van der Waals surface area (Å²) < 4.78 is 45.0. The minimum atomic E-state index is -4.38. The van der Waals surface area contributed by atoms with Crippen LogP contribution in [0.25, 0.3) is 11.1 Å². The number of rotatable bonds is 4. The molecule has 2 heterocycles. The fourth-order valence-electron chi connectivity index (χ4n) is 2.54. The molecule has 3 rings (SSSR count). The maximum absolute atomic E-state index is 12.7. The van der Waals surface area contributed by atoms with Crippen molar-refractivity contribution in [2.75, 3.05) is 6.54 Å². The average Bonchev–Trinajstić information content (AvgIpc) is 3.15. The zero-order valence-electron chi connectivity index (χ0n) is 12.9. The van der Waals surface area contributed by atoms with Gasteiger partial charge in [-0.25, -0.2) is 0 Å². The smallest absolute Gasteiger partial charge is 0.416 e. The first-order valence-electron chi connectivity index (χ1n) is 7.34. The van der Waals surface area contributed by atoms with Gasteiger partial charge in [-0.1, -0.05) is 18.1 Å². The van der Waals surface area contributed by atoms with Crippen molar-refractivity contribution in [2.24, 2.45) is 0 Å². The molecule has 1 aromatic carbocycles. The van der Waals surface area contributed by atoms with Crippen LogP contribution in [-0.4, -0.2) is 17.0 Å². The second-order valence-electron chi connectivity index (χ2n) is 5.37. The largest absolute Gasteiger partial charge is 0.463 e. The third-order valence-electron chi connectivity index (χ3n) is 3.73. The van der Waals surface area contributed by atoms with Crippen LogP contribution in [0.1, 0.15) is 21.6 Å². The number of hydrogen-bond donors (Lipinski definition) is 1. The number of benzene rings is 1. The van der Waals surface area contributed by atoms with Crippen LogP contribution in [0.3, 0.4) is 0 Å². The third kappa shape index (κ3) is 3.38. The summed E-state index contributed by atoms with van der Waals surface area (Å²) in [6.45, 7) is 0.297. The van der Waals surface area contributed by atoms with E-state index in [1.807, 2.05) is 0 Å². The van der Waals surface area contributed by atoms with Crippen LogP contribution in [-0.2, 0) is 12.7 Å². The lowest BCUT2D eigenvalue weighted by Crippen LogP contribution is -2.26. The highest BCUT2D eigenvalue weighted by Crippen LogP contribution is 2.29. The fraction of sp³-hybridized carbons (Fsp3) is 0.167. The second kappa shape index (κ2) is 6.40. The Labute approximate surface area is 141 Å². The number of terminal acetylenes is 1. The SMILES string of the molecule is C#CCNC(=O)c1cc2occc2n1Cc1ccc(C(F)(F)F)cc1. The van der Waals surface area contributed by atoms with E-state index < -0.39 is 11.7 Å². The van der Waals surface area contributed by atoms with Crippen LogP contribution in [0, 0.1) is 12.3 Å². The van der Waals surface area contributed by atoms with E-state index in [-0.39, 0.29) is 19.0 Å². The standard InChI is InChI=1S/C18H13F3N2O2/c1-2-8-22-17(24)15-10-16-14(7-9-25-16)23(15)11-12-3-5-13(6-4-12)18(19,20)21/h1,3-7,9-10H,8,11H2,(H,22,24). The lowest BCUT2D eigenvalue weighted by molar-refractivity contribution is -0.137. The number of nitrogens with one attached hydrogen (secondary N) is 1. The first-order chi connectivity index (χ1) is 11.9. The molecule has 0 atom stereocenters. The van der Waals surface area contributed by atoms with E-state index >= 15 is 0 Å². The quantitative estimate of drug-likeness (QED) is 0.733. The van der Waals surface area contributed by atoms with Gasteiger partial charge in [0.2, 0.25) is 0 Å². The summed E-state index contributed by atoms with van der Waals surface area (Å²) in [5.74, 6) is 1.94. The van der Waals surface area contributed by atoms with Gasteiger partial charge < -0.3 is 14.3 Å². The minimum absolute atomic E-state index is 0.0751. The molecule has 0 aliphatic rings. The molecule has 128 valence electrons. The molecule has 7 heteroatoms. The first kappa shape index (κ1) is 16.7. The summed E-state index contributed by atoms with van der Waals surface area (Å²) in [6.07, 6.45) is 2.24. The molecule has 2 aromatic heterocycles. The molecule has 0 saturated carbocycles. The van der Waals surface area contributed by atoms with Gasteiger partial charge in [0.25, 0.3) is 5.91 Å². The third-order valence-corrected chi connectivity index (χ3v) is 3.73. The Balaban J connectivity index is 1.93. The number of amides is 1. The number of carbonyl (C=O) groups excluding carboxylic acids is 1. The molecule has 3 aromatic rings. The molecule has 25 heavy (non-hydrogen) atoms. The monoisotopic (exact) mass is 346 g/mol. The second-order valence-corrected chi connectivity index (χ2v) is 5.37. The molecular formula is C18H13F3N2O2. The summed E-state index contributed by atoms with van der Waals surface area (Å²) in [5.41, 5.74) is 1.41. The number of halogens is 3. The van der Waals surface area contributed by atoms with Crippen molar-refractivity contribution in [3.63, 3.8) is 0 Å². The number of carbonyl (C=O) groups is 1. The summed E-state index contributed by atoms with van der Waals surface area (Å²) in [6, 6.07) is 8.07. The Kier molecular flexibility index (Phi) is 4.28. The zero-order valence-corrected chi connectivity index (χ0v) is 12.9. The van der Waals surface area contributed by atoms with Gasteiger partial charge in [-0.15, -0.1) is 6.42 Å². The summed E-state index contributed by atoms with van der Waals surface area (Å²) in [4.78, 5) is 12.2. The first-order valence-corrected chi connectivity index (χ1v) is 7.34. The molecule has 0 fully saturated rings. The van der Waals surface area contributed by atoms with Gasteiger partial charge in [0.1, 0.15) is 5.69 Å². The van der Waals surface area contributed by atoms with Crippen LogP contribution in [0.15, 0.2) is 47.1 Å². The highest BCUT2D eigenvalue weighted by atomic mass is 19.4. The molecule has 0 unspecified atom stereocenters. The zero-order chi connectivity index (χ0) is 18.0. The topological polar surface area (TPSA) is 47.2 Å². The van der Waals surface area contributed by atoms with Gasteiger partial charge in [-0.2, -0.15) is 13.2 Å². The van der Waals surface area contributed by atoms with E-state index in [9.17, 15) is 18.0 Å². The Bertz CT molecular complexity index is 944. The molecule has 4 nitrogen and oxygen atoms in total. The van der Waals surface area contributed by atoms with Crippen molar-refractivity contribution in [1.82, 2.24) is 9.88 Å². The summed E-state index contributed by atoms with van der Waals surface area (Å²) >= 11 is 0. The predicted molar refractivity (Wildman–Crippen MR) is 85.9 cm³/mol. The van der Waals surface area contributed by atoms with E-state index in [2.05, 4.69) is 11.2 Å². The molecular weight excluding hydrogens is 333 g/mol. The van der Waals surface area contributed by atoms with E-state index in [0.29, 0.717) is 22.4 Å². The van der Waals surface area contributed by atoms with Crippen LogP contribution in [0.5, 0.6) is 0 Å². The number of nitrogens with zero attached hydrogens (tertiary/aromatic N) is 1. The number of alkyl halides is 3. The Morgan fingerprint density at radius 3 is 2.60 bits per heavy atom. The van der Waals surface area contributed by atoms with Gasteiger partial charge in [-0.05, 0) is 17.7 Å². The van der Waals surface area contributed by atoms with E-state index in [4.69, 9.17) is 10.8 Å². The van der Waals surface area contributed by atoms with Gasteiger partial charge in [0, 0.05) is 18.7 Å². The lowest BCUT2D eigenvalue weighted by atomic mass is 10.1. The molecule has 0 saturated heterocycles. The van der Waals surface area contributed by atoms with Crippen molar-refractivity contribution in [2.45, 2.75) is 12.7 Å². The van der Waals surface area contributed by atoms with Crippen molar-refractivity contribution in [3.8, 4) is 12.3 Å². The molecule has 0 radical (unpaired) electrons. The Hall–Kier alpha value is -3.14. The van der Waals surface area contributed by atoms with E-state index in [0.717, 1.165) is 12.1 Å². The van der Waals surface area contributed by atoms with Gasteiger partial charge in [0.15, 0.2) is 5.58 Å². The normalized spacial score (nSPS) is 11.4.